The molecular formula is C17H24N2O3. The summed E-state index contributed by atoms with van der Waals surface area (Å²) in [5, 5.41) is 6.13. The minimum Gasteiger partial charge on any atom is -0.493 e. The molecule has 1 aromatic carbocycles. The van der Waals surface area contributed by atoms with Crippen LogP contribution in [0.2, 0.25) is 0 Å². The fraction of sp³-hybridized carbons (Fsp3) is 0.588. The Morgan fingerprint density at radius 1 is 1.45 bits per heavy atom. The normalized spacial score (nSPS) is 21.4. The number of ether oxygens (including phenoxy) is 2. The maximum atomic E-state index is 12.1. The van der Waals surface area contributed by atoms with Crippen molar-refractivity contribution in [3.8, 4) is 5.75 Å². The van der Waals surface area contributed by atoms with Crippen LogP contribution in [0.4, 0.5) is 0 Å². The molecular weight excluding hydrogens is 280 g/mol. The Kier molecular flexibility index (Phi) is 4.95. The number of carbonyl (C=O) groups is 1. The van der Waals surface area contributed by atoms with Crippen molar-refractivity contribution in [3.05, 3.63) is 29.3 Å². The molecule has 1 saturated heterocycles. The molecule has 1 aliphatic carbocycles. The molecule has 5 heteroatoms. The molecule has 5 nitrogen and oxygen atoms in total. The molecule has 0 aromatic heterocycles. The number of hydrogen-bond acceptors (Lipinski definition) is 4. The first kappa shape index (κ1) is 15.3. The topological polar surface area (TPSA) is 59.6 Å². The predicted molar refractivity (Wildman–Crippen MR) is 83.9 cm³/mol. The highest BCUT2D eigenvalue weighted by Crippen LogP contribution is 2.30. The van der Waals surface area contributed by atoms with E-state index in [-0.39, 0.29) is 11.9 Å². The lowest BCUT2D eigenvalue weighted by Crippen LogP contribution is -2.51. The van der Waals surface area contributed by atoms with Gasteiger partial charge in [0.2, 0.25) is 5.91 Å². The highest BCUT2D eigenvalue weighted by molar-refractivity contribution is 5.82. The molecule has 1 aliphatic heterocycles. The Bertz CT molecular complexity index is 523. The SMILES string of the molecule is Cc1ccc(CNC(=O)C2COCCN2)c(OCC2CC2)c1. The summed E-state index contributed by atoms with van der Waals surface area (Å²) in [6.45, 7) is 5.14. The first-order valence-electron chi connectivity index (χ1n) is 8.03. The second-order valence-electron chi connectivity index (χ2n) is 6.16. The van der Waals surface area contributed by atoms with E-state index in [4.69, 9.17) is 9.47 Å². The van der Waals surface area contributed by atoms with Crippen molar-refractivity contribution in [3.63, 3.8) is 0 Å². The van der Waals surface area contributed by atoms with Crippen LogP contribution in [0.1, 0.15) is 24.0 Å². The summed E-state index contributed by atoms with van der Waals surface area (Å²) in [7, 11) is 0. The van der Waals surface area contributed by atoms with E-state index in [0.29, 0.717) is 25.7 Å². The predicted octanol–water partition coefficient (Wildman–Crippen LogP) is 1.39. The van der Waals surface area contributed by atoms with Gasteiger partial charge in [-0.25, -0.2) is 0 Å². The van der Waals surface area contributed by atoms with Crippen LogP contribution in [0.25, 0.3) is 0 Å². The molecule has 1 aromatic rings. The minimum absolute atomic E-state index is 0.0200. The van der Waals surface area contributed by atoms with Gasteiger partial charge in [0, 0.05) is 18.7 Å². The highest BCUT2D eigenvalue weighted by atomic mass is 16.5. The Morgan fingerprint density at radius 2 is 2.32 bits per heavy atom. The third kappa shape index (κ3) is 4.21. The van der Waals surface area contributed by atoms with Crippen LogP contribution < -0.4 is 15.4 Å². The zero-order valence-electron chi connectivity index (χ0n) is 13.1. The van der Waals surface area contributed by atoms with Crippen molar-refractivity contribution in [1.29, 1.82) is 0 Å². The molecule has 1 atom stereocenters. The molecule has 2 N–H and O–H groups in total. The number of hydrogen-bond donors (Lipinski definition) is 2. The van der Waals surface area contributed by atoms with Gasteiger partial charge in [-0.1, -0.05) is 12.1 Å². The van der Waals surface area contributed by atoms with Gasteiger partial charge in [0.25, 0.3) is 0 Å². The third-order valence-electron chi connectivity index (χ3n) is 4.09. The summed E-state index contributed by atoms with van der Waals surface area (Å²) in [6, 6.07) is 5.87. The lowest BCUT2D eigenvalue weighted by molar-refractivity contribution is -0.126. The number of nitrogens with one attached hydrogen (secondary N) is 2. The second-order valence-corrected chi connectivity index (χ2v) is 6.16. The number of carbonyl (C=O) groups excluding carboxylic acids is 1. The summed E-state index contributed by atoms with van der Waals surface area (Å²) in [4.78, 5) is 12.1. The van der Waals surface area contributed by atoms with Gasteiger partial charge in [0.1, 0.15) is 11.8 Å². The van der Waals surface area contributed by atoms with Gasteiger partial charge >= 0.3 is 0 Å². The molecule has 0 bridgehead atoms. The van der Waals surface area contributed by atoms with Crippen molar-refractivity contribution >= 4 is 5.91 Å². The monoisotopic (exact) mass is 304 g/mol. The van der Waals surface area contributed by atoms with E-state index in [1.165, 1.54) is 18.4 Å². The van der Waals surface area contributed by atoms with Crippen LogP contribution in [-0.2, 0) is 16.1 Å². The summed E-state index contributed by atoms with van der Waals surface area (Å²) in [5.74, 6) is 1.58. The van der Waals surface area contributed by atoms with Gasteiger partial charge < -0.3 is 20.1 Å². The van der Waals surface area contributed by atoms with Crippen molar-refractivity contribution in [2.75, 3.05) is 26.4 Å². The fourth-order valence-electron chi connectivity index (χ4n) is 2.47. The van der Waals surface area contributed by atoms with Gasteiger partial charge in [-0.05, 0) is 37.3 Å². The molecule has 0 radical (unpaired) electrons. The summed E-state index contributed by atoms with van der Waals surface area (Å²) >= 11 is 0. The van der Waals surface area contributed by atoms with E-state index in [1.807, 2.05) is 18.2 Å². The number of morpholine rings is 1. The van der Waals surface area contributed by atoms with Crippen LogP contribution in [-0.4, -0.2) is 38.3 Å². The molecule has 0 spiro atoms. The van der Waals surface area contributed by atoms with Gasteiger partial charge in [-0.15, -0.1) is 0 Å². The minimum atomic E-state index is -0.255. The van der Waals surface area contributed by atoms with Crippen molar-refractivity contribution in [1.82, 2.24) is 10.6 Å². The van der Waals surface area contributed by atoms with Crippen LogP contribution in [0.5, 0.6) is 5.75 Å². The molecule has 1 heterocycles. The van der Waals surface area contributed by atoms with E-state index in [0.717, 1.165) is 24.5 Å². The fourth-order valence-corrected chi connectivity index (χ4v) is 2.47. The van der Waals surface area contributed by atoms with Crippen LogP contribution in [0.3, 0.4) is 0 Å². The zero-order chi connectivity index (χ0) is 15.4. The average Bonchev–Trinajstić information content (AvgIpc) is 3.37. The number of amides is 1. The standard InChI is InChI=1S/C17H24N2O3/c1-12-2-5-14(16(8-12)22-10-13-3-4-13)9-19-17(20)15-11-21-7-6-18-15/h2,5,8,13,15,18H,3-4,6-7,9-11H2,1H3,(H,19,20). The zero-order valence-corrected chi connectivity index (χ0v) is 13.1. The van der Waals surface area contributed by atoms with E-state index < -0.39 is 0 Å². The van der Waals surface area contributed by atoms with Crippen LogP contribution in [0, 0.1) is 12.8 Å². The molecule has 1 unspecified atom stereocenters. The van der Waals surface area contributed by atoms with Crippen molar-refractivity contribution < 1.29 is 14.3 Å². The largest absolute Gasteiger partial charge is 0.493 e. The van der Waals surface area contributed by atoms with Gasteiger partial charge in [-0.3, -0.25) is 4.79 Å². The first-order chi connectivity index (χ1) is 10.7. The Morgan fingerprint density at radius 3 is 3.05 bits per heavy atom. The molecule has 1 amide bonds. The van der Waals surface area contributed by atoms with E-state index in [1.54, 1.807) is 0 Å². The summed E-state index contributed by atoms with van der Waals surface area (Å²) in [6.07, 6.45) is 2.54. The average molecular weight is 304 g/mol. The summed E-state index contributed by atoms with van der Waals surface area (Å²) in [5.41, 5.74) is 2.19. The van der Waals surface area contributed by atoms with Crippen molar-refractivity contribution in [2.45, 2.75) is 32.4 Å². The Labute approximate surface area is 131 Å². The highest BCUT2D eigenvalue weighted by Gasteiger charge is 2.23. The van der Waals surface area contributed by atoms with E-state index >= 15 is 0 Å². The number of rotatable bonds is 6. The van der Waals surface area contributed by atoms with Crippen LogP contribution in [0.15, 0.2) is 18.2 Å². The third-order valence-corrected chi connectivity index (χ3v) is 4.09. The van der Waals surface area contributed by atoms with Gasteiger partial charge in [-0.2, -0.15) is 0 Å². The smallest absolute Gasteiger partial charge is 0.239 e. The first-order valence-corrected chi connectivity index (χ1v) is 8.03. The molecule has 2 fully saturated rings. The number of aryl methyl sites for hydroxylation is 1. The lowest BCUT2D eigenvalue weighted by Gasteiger charge is -2.23. The molecule has 1 saturated carbocycles. The molecule has 2 aliphatic rings. The van der Waals surface area contributed by atoms with Gasteiger partial charge in [0.15, 0.2) is 0 Å². The van der Waals surface area contributed by atoms with Crippen molar-refractivity contribution in [2.24, 2.45) is 5.92 Å². The second kappa shape index (κ2) is 7.11. The van der Waals surface area contributed by atoms with Gasteiger partial charge in [0.05, 0.1) is 19.8 Å². The Hall–Kier alpha value is -1.59. The Balaban J connectivity index is 1.57. The molecule has 22 heavy (non-hydrogen) atoms. The quantitative estimate of drug-likeness (QED) is 0.834. The number of benzene rings is 1. The van der Waals surface area contributed by atoms with E-state index in [2.05, 4.69) is 17.6 Å². The maximum Gasteiger partial charge on any atom is 0.239 e. The molecule has 120 valence electrons. The molecule has 3 rings (SSSR count). The maximum absolute atomic E-state index is 12.1. The van der Waals surface area contributed by atoms with Crippen LogP contribution >= 0.6 is 0 Å². The van der Waals surface area contributed by atoms with E-state index in [9.17, 15) is 4.79 Å². The lowest BCUT2D eigenvalue weighted by atomic mass is 10.1. The summed E-state index contributed by atoms with van der Waals surface area (Å²) < 4.78 is 11.2.